The molecule has 0 atom stereocenters. The van der Waals surface area contributed by atoms with E-state index >= 15 is 0 Å². The van der Waals surface area contributed by atoms with Crippen LogP contribution in [-0.4, -0.2) is 47.8 Å². The first kappa shape index (κ1) is 16.2. The third-order valence-corrected chi connectivity index (χ3v) is 4.65. The molecule has 0 unspecified atom stereocenters. The molecule has 3 rings (SSSR count). The van der Waals surface area contributed by atoms with E-state index in [0.29, 0.717) is 10.6 Å². The molecule has 1 aliphatic heterocycles. The number of thiazole rings is 1. The van der Waals surface area contributed by atoms with E-state index < -0.39 is 0 Å². The summed E-state index contributed by atoms with van der Waals surface area (Å²) >= 11 is 1.42. The summed E-state index contributed by atoms with van der Waals surface area (Å²) in [6, 6.07) is 7.96. The SMILES string of the molecule is Cc1csc(C2=C(O)CN(/N=C/c3ccc(N(C)C)cc3)C2=N)n1. The van der Waals surface area contributed by atoms with E-state index in [4.69, 9.17) is 5.41 Å². The summed E-state index contributed by atoms with van der Waals surface area (Å²) in [5.41, 5.74) is 3.40. The number of nitrogens with zero attached hydrogens (tertiary/aromatic N) is 4. The molecular weight excluding hydrogens is 322 g/mol. The van der Waals surface area contributed by atoms with E-state index in [2.05, 4.69) is 10.1 Å². The maximum atomic E-state index is 10.2. The number of hydrazone groups is 1. The summed E-state index contributed by atoms with van der Waals surface area (Å²) in [6.45, 7) is 2.09. The number of hydrogen-bond acceptors (Lipinski definition) is 6. The van der Waals surface area contributed by atoms with Crippen molar-refractivity contribution in [3.8, 4) is 0 Å². The average molecular weight is 341 g/mol. The zero-order valence-electron chi connectivity index (χ0n) is 13.8. The predicted molar refractivity (Wildman–Crippen MR) is 99.2 cm³/mol. The Kier molecular flexibility index (Phi) is 4.35. The van der Waals surface area contributed by atoms with Gasteiger partial charge in [-0.1, -0.05) is 12.1 Å². The lowest BCUT2D eigenvalue weighted by Crippen LogP contribution is -2.20. The molecule has 1 aromatic heterocycles. The zero-order chi connectivity index (χ0) is 17.3. The highest BCUT2D eigenvalue weighted by atomic mass is 32.1. The Hall–Kier alpha value is -2.67. The highest BCUT2D eigenvalue weighted by Gasteiger charge is 2.29. The molecule has 0 saturated heterocycles. The number of aliphatic hydroxyl groups excluding tert-OH is 1. The van der Waals surface area contributed by atoms with Gasteiger partial charge in [0.1, 0.15) is 17.3 Å². The molecule has 6 nitrogen and oxygen atoms in total. The molecule has 1 aliphatic rings. The average Bonchev–Trinajstić information content (AvgIpc) is 3.09. The van der Waals surface area contributed by atoms with Crippen LogP contribution in [0, 0.1) is 12.3 Å². The minimum absolute atomic E-state index is 0.134. The number of hydrogen-bond donors (Lipinski definition) is 2. The molecule has 2 heterocycles. The Balaban J connectivity index is 1.74. The van der Waals surface area contributed by atoms with E-state index in [9.17, 15) is 5.11 Å². The smallest absolute Gasteiger partial charge is 0.155 e. The fourth-order valence-corrected chi connectivity index (χ4v) is 3.22. The van der Waals surface area contributed by atoms with Crippen molar-refractivity contribution in [3.05, 3.63) is 51.7 Å². The normalized spacial score (nSPS) is 15.0. The Morgan fingerprint density at radius 2 is 2.04 bits per heavy atom. The second kappa shape index (κ2) is 6.45. The number of benzene rings is 1. The molecule has 0 spiro atoms. The third-order valence-electron chi connectivity index (χ3n) is 3.67. The van der Waals surface area contributed by atoms with Crippen molar-refractivity contribution >= 4 is 34.6 Å². The molecule has 0 radical (unpaired) electrons. The van der Waals surface area contributed by atoms with Crippen LogP contribution in [0.2, 0.25) is 0 Å². The minimum atomic E-state index is 0.134. The van der Waals surface area contributed by atoms with Gasteiger partial charge in [0.2, 0.25) is 0 Å². The number of amidine groups is 1. The molecule has 124 valence electrons. The number of aryl methyl sites for hydroxylation is 1. The topological polar surface area (TPSA) is 75.8 Å². The Morgan fingerprint density at radius 1 is 1.33 bits per heavy atom. The van der Waals surface area contributed by atoms with Crippen LogP contribution in [0.1, 0.15) is 16.3 Å². The van der Waals surface area contributed by atoms with Crippen molar-refractivity contribution in [1.29, 1.82) is 5.41 Å². The summed E-state index contributed by atoms with van der Waals surface area (Å²) in [6.07, 6.45) is 1.69. The lowest BCUT2D eigenvalue weighted by Gasteiger charge is -2.13. The number of anilines is 1. The van der Waals surface area contributed by atoms with Gasteiger partial charge in [0.25, 0.3) is 0 Å². The fraction of sp³-hybridized carbons (Fsp3) is 0.235. The van der Waals surface area contributed by atoms with Gasteiger partial charge in [-0.05, 0) is 24.6 Å². The van der Waals surface area contributed by atoms with Crippen molar-refractivity contribution in [2.75, 3.05) is 25.5 Å². The van der Waals surface area contributed by atoms with Gasteiger partial charge in [-0.25, -0.2) is 9.99 Å². The summed E-state index contributed by atoms with van der Waals surface area (Å²) in [5.74, 6) is 0.303. The molecular formula is C17H19N5OS. The molecule has 0 saturated carbocycles. The molecule has 2 N–H and O–H groups in total. The van der Waals surface area contributed by atoms with Gasteiger partial charge in [0.15, 0.2) is 5.84 Å². The van der Waals surface area contributed by atoms with Crippen LogP contribution in [-0.2, 0) is 0 Å². The number of nitrogens with one attached hydrogen (secondary N) is 1. The quantitative estimate of drug-likeness (QED) is 0.838. The van der Waals surface area contributed by atoms with Gasteiger partial charge in [0, 0.05) is 30.9 Å². The van der Waals surface area contributed by atoms with Crippen molar-refractivity contribution in [2.45, 2.75) is 6.92 Å². The molecule has 24 heavy (non-hydrogen) atoms. The van der Waals surface area contributed by atoms with Crippen LogP contribution in [0.5, 0.6) is 0 Å². The zero-order valence-corrected chi connectivity index (χ0v) is 14.6. The monoisotopic (exact) mass is 341 g/mol. The van der Waals surface area contributed by atoms with Crippen molar-refractivity contribution in [1.82, 2.24) is 9.99 Å². The Morgan fingerprint density at radius 3 is 2.62 bits per heavy atom. The molecule has 2 aromatic rings. The largest absolute Gasteiger partial charge is 0.509 e. The van der Waals surface area contributed by atoms with Crippen molar-refractivity contribution in [3.63, 3.8) is 0 Å². The van der Waals surface area contributed by atoms with Gasteiger partial charge >= 0.3 is 0 Å². The summed E-state index contributed by atoms with van der Waals surface area (Å²) in [5, 5.41) is 26.8. The third kappa shape index (κ3) is 3.16. The van der Waals surface area contributed by atoms with E-state index in [1.807, 2.05) is 55.6 Å². The summed E-state index contributed by atoms with van der Waals surface area (Å²) in [4.78, 5) is 6.38. The second-order valence-electron chi connectivity index (χ2n) is 5.75. The van der Waals surface area contributed by atoms with Gasteiger partial charge < -0.3 is 10.0 Å². The van der Waals surface area contributed by atoms with Crippen LogP contribution >= 0.6 is 11.3 Å². The van der Waals surface area contributed by atoms with Crippen LogP contribution in [0.4, 0.5) is 5.69 Å². The maximum Gasteiger partial charge on any atom is 0.155 e. The molecule has 7 heteroatoms. The van der Waals surface area contributed by atoms with E-state index in [-0.39, 0.29) is 18.1 Å². The lowest BCUT2D eigenvalue weighted by atomic mass is 10.2. The minimum Gasteiger partial charge on any atom is -0.509 e. The van der Waals surface area contributed by atoms with Gasteiger partial charge in [0.05, 0.1) is 11.8 Å². The molecule has 1 aromatic carbocycles. The first-order valence-electron chi connectivity index (χ1n) is 7.48. The first-order valence-corrected chi connectivity index (χ1v) is 8.36. The molecule has 0 bridgehead atoms. The van der Waals surface area contributed by atoms with Gasteiger partial charge in [-0.2, -0.15) is 5.10 Å². The van der Waals surface area contributed by atoms with Crippen molar-refractivity contribution in [2.24, 2.45) is 5.10 Å². The highest BCUT2D eigenvalue weighted by molar-refractivity contribution is 7.11. The van der Waals surface area contributed by atoms with Crippen LogP contribution < -0.4 is 4.90 Å². The maximum absolute atomic E-state index is 10.2. The standard InChI is InChI=1S/C17H19N5OS/c1-11-10-24-17(20-11)15-14(23)9-22(16(15)18)19-8-12-4-6-13(7-5-12)21(2)3/h4-8,10,18,23H,9H2,1-3H3/b18-16?,19-8+. The molecule has 0 aliphatic carbocycles. The van der Waals surface area contributed by atoms with E-state index in [1.54, 1.807) is 6.21 Å². The Labute approximate surface area is 144 Å². The second-order valence-corrected chi connectivity index (χ2v) is 6.61. The van der Waals surface area contributed by atoms with E-state index in [1.165, 1.54) is 16.3 Å². The van der Waals surface area contributed by atoms with E-state index in [0.717, 1.165) is 16.9 Å². The van der Waals surface area contributed by atoms with Crippen LogP contribution in [0.3, 0.4) is 0 Å². The summed E-state index contributed by atoms with van der Waals surface area (Å²) < 4.78 is 0. The fourth-order valence-electron chi connectivity index (χ4n) is 2.35. The van der Waals surface area contributed by atoms with Crippen LogP contribution in [0.25, 0.3) is 5.57 Å². The predicted octanol–water partition coefficient (Wildman–Crippen LogP) is 3.11. The van der Waals surface area contributed by atoms with Crippen LogP contribution in [0.15, 0.2) is 40.5 Å². The number of aliphatic hydroxyl groups is 1. The first-order chi connectivity index (χ1) is 11.5. The highest BCUT2D eigenvalue weighted by Crippen LogP contribution is 2.29. The van der Waals surface area contributed by atoms with Crippen molar-refractivity contribution < 1.29 is 5.11 Å². The lowest BCUT2D eigenvalue weighted by molar-refractivity contribution is 0.358. The number of rotatable bonds is 4. The molecule has 0 fully saturated rings. The number of aromatic nitrogens is 1. The van der Waals surface area contributed by atoms with Gasteiger partial charge in [-0.15, -0.1) is 11.3 Å². The Bertz CT molecular complexity index is 820. The summed E-state index contributed by atoms with van der Waals surface area (Å²) in [7, 11) is 3.98. The van der Waals surface area contributed by atoms with Gasteiger partial charge in [-0.3, -0.25) is 5.41 Å². The molecule has 0 amide bonds.